The molecule has 0 spiro atoms. The number of rotatable bonds is 19. The lowest BCUT2D eigenvalue weighted by atomic mass is 9.91. The smallest absolute Gasteiger partial charge is 0.169 e. The Hall–Kier alpha value is -1.73. The molecule has 1 aliphatic rings. The molecule has 0 atom stereocenters. The van der Waals surface area contributed by atoms with Gasteiger partial charge in [0.25, 0.3) is 0 Å². The third kappa shape index (κ3) is 7.93. The summed E-state index contributed by atoms with van der Waals surface area (Å²) in [5, 5.41) is 3.21. The molecule has 0 saturated carbocycles. The highest BCUT2D eigenvalue weighted by atomic mass is 29.3. The Kier molecular flexibility index (Phi) is 13.8. The average molecular weight is 625 g/mol. The number of fused-ring (bicyclic) bond motifs is 3. The Morgan fingerprint density at radius 1 is 0.488 bits per heavy atom. The monoisotopic (exact) mass is 624 g/mol. The molecule has 0 unspecified atom stereocenters. The van der Waals surface area contributed by atoms with Gasteiger partial charge in [-0.2, -0.15) is 0 Å². The maximum Gasteiger partial charge on any atom is 0.169 e. The maximum absolute atomic E-state index is 6.93. The van der Waals surface area contributed by atoms with Crippen LogP contribution in [-0.2, 0) is 6.42 Å². The van der Waals surface area contributed by atoms with E-state index in [1.165, 1.54) is 85.6 Å². The van der Waals surface area contributed by atoms with E-state index in [1.54, 1.807) is 10.4 Å². The van der Waals surface area contributed by atoms with Crippen molar-refractivity contribution in [3.8, 4) is 28.4 Å². The van der Waals surface area contributed by atoms with Crippen LogP contribution in [-0.4, -0.2) is 35.0 Å². The van der Waals surface area contributed by atoms with Gasteiger partial charge in [0.2, 0.25) is 0 Å². The minimum absolute atomic E-state index is 0.741. The normalized spacial score (nSPS) is 14.7. The largest absolute Gasteiger partial charge is 0.493 e. The van der Waals surface area contributed by atoms with Gasteiger partial charge in [-0.3, -0.25) is 0 Å². The van der Waals surface area contributed by atoms with Gasteiger partial charge in [-0.25, -0.2) is 0 Å². The highest BCUT2D eigenvalue weighted by molar-refractivity contribution is 7.51. The zero-order valence-electron chi connectivity index (χ0n) is 29.7. The lowest BCUT2D eigenvalue weighted by Crippen LogP contribution is -2.72. The molecule has 0 bridgehead atoms. The molecular weight excluding hydrogens is 561 g/mol. The SMILES string of the molecule is CCCCCOc1c(C)cc2c(c1CCCCC)-c1c(cc(C)c(OCCCCC)c1OCCCCC)[Si](C)(C)[Si]2(C)C. The van der Waals surface area contributed by atoms with Gasteiger partial charge < -0.3 is 14.2 Å². The molecule has 3 nitrogen and oxygen atoms in total. The van der Waals surface area contributed by atoms with E-state index in [1.807, 2.05) is 0 Å². The van der Waals surface area contributed by atoms with E-state index in [4.69, 9.17) is 14.2 Å². The molecule has 2 aromatic rings. The maximum atomic E-state index is 6.93. The summed E-state index contributed by atoms with van der Waals surface area (Å²) in [6.45, 7) is 26.5. The summed E-state index contributed by atoms with van der Waals surface area (Å²) in [4.78, 5) is 0. The van der Waals surface area contributed by atoms with Gasteiger partial charge >= 0.3 is 0 Å². The zero-order chi connectivity index (χ0) is 31.6. The van der Waals surface area contributed by atoms with Crippen LogP contribution in [0.25, 0.3) is 11.1 Å². The van der Waals surface area contributed by atoms with E-state index in [2.05, 4.69) is 79.9 Å². The molecule has 0 saturated heterocycles. The highest BCUT2D eigenvalue weighted by Crippen LogP contribution is 2.48. The standard InChI is InChI=1S/C38H64O3Si2/c1-11-15-19-23-31-34-32(27-29(5)36(31)39-24-20-16-12-2)42(7,8)43(9,10)33-28-30(6)37(40-25-21-17-13-3)38(35(33)34)41-26-22-18-14-4/h27-28H,11-26H2,1-10H3. The molecule has 1 heterocycles. The van der Waals surface area contributed by atoms with E-state index >= 15 is 0 Å². The fourth-order valence-electron chi connectivity index (χ4n) is 6.72. The van der Waals surface area contributed by atoms with Gasteiger partial charge in [-0.15, -0.1) is 0 Å². The molecule has 0 aliphatic carbocycles. The lowest BCUT2D eigenvalue weighted by Gasteiger charge is -2.47. The van der Waals surface area contributed by atoms with Gasteiger partial charge in [0.05, 0.1) is 35.0 Å². The van der Waals surface area contributed by atoms with E-state index in [-0.39, 0.29) is 0 Å². The van der Waals surface area contributed by atoms with Gasteiger partial charge in [-0.05, 0) is 62.6 Å². The Bertz CT molecular complexity index is 1180. The molecule has 0 aromatic heterocycles. The molecule has 242 valence electrons. The van der Waals surface area contributed by atoms with Gasteiger partial charge in [0.1, 0.15) is 5.75 Å². The fraction of sp³-hybridized carbons (Fsp3) is 0.684. The van der Waals surface area contributed by atoms with Crippen LogP contribution in [0.1, 0.15) is 121 Å². The van der Waals surface area contributed by atoms with Crippen molar-refractivity contribution in [1.29, 1.82) is 0 Å². The van der Waals surface area contributed by atoms with Crippen molar-refractivity contribution in [2.24, 2.45) is 0 Å². The average Bonchev–Trinajstić information content (AvgIpc) is 2.96. The minimum atomic E-state index is -1.85. The topological polar surface area (TPSA) is 27.7 Å². The summed E-state index contributed by atoms with van der Waals surface area (Å²) in [7, 11) is -3.67. The Balaban J connectivity index is 2.36. The predicted molar refractivity (Wildman–Crippen MR) is 194 cm³/mol. The number of benzene rings is 2. The summed E-state index contributed by atoms with van der Waals surface area (Å²) in [6, 6.07) is 5.06. The second kappa shape index (κ2) is 16.5. The van der Waals surface area contributed by atoms with Crippen LogP contribution in [0.3, 0.4) is 0 Å². The van der Waals surface area contributed by atoms with Crippen molar-refractivity contribution < 1.29 is 14.2 Å². The number of unbranched alkanes of at least 4 members (excludes halogenated alkanes) is 8. The molecule has 0 amide bonds. The van der Waals surface area contributed by atoms with Gasteiger partial charge in [0, 0.05) is 11.1 Å². The fourth-order valence-corrected chi connectivity index (χ4v) is 16.2. The molecule has 2 aromatic carbocycles. The molecule has 43 heavy (non-hydrogen) atoms. The second-order valence-electron chi connectivity index (χ2n) is 14.1. The summed E-state index contributed by atoms with van der Waals surface area (Å²) in [5.74, 6) is 3.14. The van der Waals surface area contributed by atoms with Crippen LogP contribution in [0.2, 0.25) is 26.2 Å². The van der Waals surface area contributed by atoms with Crippen LogP contribution in [0.15, 0.2) is 12.1 Å². The summed E-state index contributed by atoms with van der Waals surface area (Å²) in [5.41, 5.74) is 6.81. The molecule has 0 fully saturated rings. The summed E-state index contributed by atoms with van der Waals surface area (Å²) < 4.78 is 20.4. The number of ether oxygens (including phenoxy) is 3. The molecule has 5 heteroatoms. The first kappa shape index (κ1) is 35.7. The first-order valence-electron chi connectivity index (χ1n) is 17.8. The van der Waals surface area contributed by atoms with Crippen LogP contribution in [0, 0.1) is 13.8 Å². The van der Waals surface area contributed by atoms with Crippen molar-refractivity contribution in [3.05, 3.63) is 28.8 Å². The van der Waals surface area contributed by atoms with Crippen molar-refractivity contribution in [2.75, 3.05) is 19.8 Å². The van der Waals surface area contributed by atoms with Crippen LogP contribution < -0.4 is 24.6 Å². The third-order valence-electron chi connectivity index (χ3n) is 10.2. The van der Waals surface area contributed by atoms with Crippen molar-refractivity contribution in [2.45, 2.75) is 151 Å². The molecule has 1 aliphatic heterocycles. The van der Waals surface area contributed by atoms with Gasteiger partial charge in [0.15, 0.2) is 11.5 Å². The Labute approximate surface area is 267 Å². The quantitative estimate of drug-likeness (QED) is 0.115. The Morgan fingerprint density at radius 3 is 1.37 bits per heavy atom. The first-order chi connectivity index (χ1) is 20.6. The molecule has 0 N–H and O–H groups in total. The van der Waals surface area contributed by atoms with Crippen LogP contribution in [0.5, 0.6) is 17.2 Å². The first-order valence-corrected chi connectivity index (χ1v) is 24.8. The summed E-state index contributed by atoms with van der Waals surface area (Å²) in [6.07, 6.45) is 15.2. The zero-order valence-corrected chi connectivity index (χ0v) is 31.7. The van der Waals surface area contributed by atoms with E-state index in [0.29, 0.717) is 0 Å². The van der Waals surface area contributed by atoms with E-state index in [0.717, 1.165) is 62.8 Å². The number of hydrogen-bond donors (Lipinski definition) is 0. The lowest BCUT2D eigenvalue weighted by molar-refractivity contribution is 0.259. The van der Waals surface area contributed by atoms with E-state index in [9.17, 15) is 0 Å². The predicted octanol–water partition coefficient (Wildman–Crippen LogP) is 10.3. The molecule has 0 radical (unpaired) electrons. The van der Waals surface area contributed by atoms with E-state index < -0.39 is 15.2 Å². The van der Waals surface area contributed by atoms with Crippen molar-refractivity contribution >= 4 is 25.6 Å². The van der Waals surface area contributed by atoms with Crippen LogP contribution >= 0.6 is 0 Å². The van der Waals surface area contributed by atoms with Gasteiger partial charge in [-0.1, -0.05) is 128 Å². The Morgan fingerprint density at radius 2 is 0.884 bits per heavy atom. The number of aryl methyl sites for hydroxylation is 2. The molecular formula is C38H64O3Si2. The van der Waals surface area contributed by atoms with Crippen molar-refractivity contribution in [3.63, 3.8) is 0 Å². The van der Waals surface area contributed by atoms with Crippen LogP contribution in [0.4, 0.5) is 0 Å². The second-order valence-corrected chi connectivity index (χ2v) is 29.1. The van der Waals surface area contributed by atoms with Crippen molar-refractivity contribution in [1.82, 2.24) is 0 Å². The minimum Gasteiger partial charge on any atom is -0.493 e. The summed E-state index contributed by atoms with van der Waals surface area (Å²) >= 11 is 0. The molecule has 3 rings (SSSR count). The number of hydrogen-bond acceptors (Lipinski definition) is 3. The highest BCUT2D eigenvalue weighted by Gasteiger charge is 2.51. The third-order valence-corrected chi connectivity index (χ3v) is 27.8.